The lowest BCUT2D eigenvalue weighted by atomic mass is 9.98. The zero-order valence-corrected chi connectivity index (χ0v) is 11.4. The van der Waals surface area contributed by atoms with Gasteiger partial charge in [0.1, 0.15) is 0 Å². The normalized spacial score (nSPS) is 32.9. The molecule has 4 heteroatoms. The number of carbonyl (C=O) groups is 1. The van der Waals surface area contributed by atoms with Gasteiger partial charge in [0, 0.05) is 10.9 Å². The van der Waals surface area contributed by atoms with Crippen molar-refractivity contribution >= 4 is 21.8 Å². The molecule has 1 N–H and O–H groups in total. The Hall–Kier alpha value is -0.0900. The van der Waals surface area contributed by atoms with Gasteiger partial charge in [-0.15, -0.1) is 0 Å². The average molecular weight is 290 g/mol. The van der Waals surface area contributed by atoms with Crippen molar-refractivity contribution in [2.45, 2.75) is 50.7 Å². The lowest BCUT2D eigenvalue weighted by Gasteiger charge is -2.29. The molecule has 2 fully saturated rings. The van der Waals surface area contributed by atoms with Gasteiger partial charge in [0.25, 0.3) is 0 Å². The van der Waals surface area contributed by atoms with Gasteiger partial charge in [0.05, 0.1) is 18.6 Å². The molecule has 92 valence electrons. The lowest BCUT2D eigenvalue weighted by Crippen LogP contribution is -2.50. The zero-order chi connectivity index (χ0) is 11.6. The maximum Gasteiger partial charge on any atom is 0.225 e. The molecule has 16 heavy (non-hydrogen) atoms. The molecule has 2 atom stereocenters. The Morgan fingerprint density at radius 3 is 2.69 bits per heavy atom. The molecule has 0 spiro atoms. The van der Waals surface area contributed by atoms with Crippen LogP contribution in [0.4, 0.5) is 0 Å². The molecule has 0 radical (unpaired) electrons. The van der Waals surface area contributed by atoms with Crippen molar-refractivity contribution in [1.29, 1.82) is 0 Å². The second-order valence-corrected chi connectivity index (χ2v) is 5.75. The minimum absolute atomic E-state index is 0.0168. The van der Waals surface area contributed by atoms with Gasteiger partial charge in [0.2, 0.25) is 5.91 Å². The second-order valence-electron chi connectivity index (χ2n) is 5.19. The maximum absolute atomic E-state index is 12.1. The fourth-order valence-electron chi connectivity index (χ4n) is 2.71. The van der Waals surface area contributed by atoms with Gasteiger partial charge in [-0.05, 0) is 26.2 Å². The molecular formula is C12H20BrNO2. The smallest absolute Gasteiger partial charge is 0.225 e. The van der Waals surface area contributed by atoms with E-state index in [2.05, 4.69) is 21.2 Å². The number of rotatable bonds is 3. The first-order valence-electron chi connectivity index (χ1n) is 6.15. The summed E-state index contributed by atoms with van der Waals surface area (Å²) in [4.78, 5) is 12.1. The van der Waals surface area contributed by atoms with Crippen molar-refractivity contribution in [3.63, 3.8) is 0 Å². The van der Waals surface area contributed by atoms with Crippen LogP contribution < -0.4 is 5.32 Å². The van der Waals surface area contributed by atoms with E-state index >= 15 is 0 Å². The zero-order valence-electron chi connectivity index (χ0n) is 9.80. The van der Waals surface area contributed by atoms with E-state index in [0.717, 1.165) is 24.6 Å². The van der Waals surface area contributed by atoms with Crippen molar-refractivity contribution in [2.75, 3.05) is 11.9 Å². The Kier molecular flexibility index (Phi) is 3.90. The maximum atomic E-state index is 12.1. The summed E-state index contributed by atoms with van der Waals surface area (Å²) < 4.78 is 5.45. The fourth-order valence-corrected chi connectivity index (χ4v) is 3.41. The molecule has 1 aliphatic heterocycles. The van der Waals surface area contributed by atoms with Gasteiger partial charge < -0.3 is 10.1 Å². The minimum atomic E-state index is 0.0168. The van der Waals surface area contributed by atoms with Crippen LogP contribution in [0.3, 0.4) is 0 Å². The molecule has 0 aromatic heterocycles. The number of carbonyl (C=O) groups excluding carboxylic acids is 1. The van der Waals surface area contributed by atoms with Gasteiger partial charge in [-0.25, -0.2) is 0 Å². The summed E-state index contributed by atoms with van der Waals surface area (Å²) >= 11 is 3.54. The highest BCUT2D eigenvalue weighted by Crippen LogP contribution is 2.32. The number of hydrogen-bond acceptors (Lipinski definition) is 2. The molecule has 0 bridgehead atoms. The van der Waals surface area contributed by atoms with Crippen LogP contribution in [0, 0.1) is 5.92 Å². The molecule has 0 aromatic carbocycles. The Labute approximate surface area is 105 Å². The molecule has 2 unspecified atom stereocenters. The Bertz CT molecular complexity index is 264. The topological polar surface area (TPSA) is 38.3 Å². The number of alkyl halides is 1. The van der Waals surface area contributed by atoms with Crippen molar-refractivity contribution in [3.8, 4) is 0 Å². The van der Waals surface area contributed by atoms with Crippen molar-refractivity contribution < 1.29 is 9.53 Å². The predicted molar refractivity (Wildman–Crippen MR) is 66.7 cm³/mol. The Morgan fingerprint density at radius 1 is 1.50 bits per heavy atom. The van der Waals surface area contributed by atoms with Gasteiger partial charge in [-0.1, -0.05) is 28.8 Å². The van der Waals surface area contributed by atoms with Crippen molar-refractivity contribution in [3.05, 3.63) is 0 Å². The summed E-state index contributed by atoms with van der Waals surface area (Å²) in [5.41, 5.74) is 0.0168. The number of nitrogens with one attached hydrogen (secondary N) is 1. The van der Waals surface area contributed by atoms with Crippen LogP contribution in [-0.4, -0.2) is 29.5 Å². The van der Waals surface area contributed by atoms with Crippen molar-refractivity contribution in [1.82, 2.24) is 5.32 Å². The molecule has 1 heterocycles. The number of hydrogen-bond donors (Lipinski definition) is 1. The van der Waals surface area contributed by atoms with Gasteiger partial charge in [-0.2, -0.15) is 0 Å². The van der Waals surface area contributed by atoms with Gasteiger partial charge in [-0.3, -0.25) is 4.79 Å². The highest BCUT2D eigenvalue weighted by Gasteiger charge is 2.37. The van der Waals surface area contributed by atoms with Crippen LogP contribution in [0.15, 0.2) is 0 Å². The van der Waals surface area contributed by atoms with E-state index < -0.39 is 0 Å². The summed E-state index contributed by atoms with van der Waals surface area (Å²) in [5.74, 6) is 0.247. The first-order chi connectivity index (χ1) is 7.65. The summed E-state index contributed by atoms with van der Waals surface area (Å²) in [6.07, 6.45) is 5.76. The van der Waals surface area contributed by atoms with Crippen LogP contribution in [0.2, 0.25) is 0 Å². The van der Waals surface area contributed by atoms with E-state index in [4.69, 9.17) is 4.74 Å². The van der Waals surface area contributed by atoms with Gasteiger partial charge >= 0.3 is 0 Å². The third-order valence-electron chi connectivity index (χ3n) is 3.77. The Balaban J connectivity index is 1.90. The molecule has 1 saturated carbocycles. The van der Waals surface area contributed by atoms with Crippen LogP contribution in [-0.2, 0) is 9.53 Å². The largest absolute Gasteiger partial charge is 0.378 e. The molecule has 1 amide bonds. The quantitative estimate of drug-likeness (QED) is 0.810. The van der Waals surface area contributed by atoms with E-state index in [1.807, 2.05) is 6.92 Å². The fraction of sp³-hybridized carbons (Fsp3) is 0.917. The number of halogens is 1. The third kappa shape index (κ3) is 2.59. The molecule has 3 nitrogen and oxygen atoms in total. The van der Waals surface area contributed by atoms with Crippen LogP contribution in [0.1, 0.15) is 39.0 Å². The third-order valence-corrected chi connectivity index (χ3v) is 4.85. The summed E-state index contributed by atoms with van der Waals surface area (Å²) in [7, 11) is 0. The molecule has 1 aliphatic carbocycles. The summed E-state index contributed by atoms with van der Waals surface area (Å²) in [6.45, 7) is 2.62. The van der Waals surface area contributed by atoms with Crippen LogP contribution in [0.5, 0.6) is 0 Å². The number of ether oxygens (including phenoxy) is 1. The lowest BCUT2D eigenvalue weighted by molar-refractivity contribution is -0.126. The summed E-state index contributed by atoms with van der Waals surface area (Å²) in [5, 5.41) is 4.11. The van der Waals surface area contributed by atoms with Crippen LogP contribution in [0.25, 0.3) is 0 Å². The molecular weight excluding hydrogens is 270 g/mol. The number of amides is 1. The van der Waals surface area contributed by atoms with Crippen molar-refractivity contribution in [2.24, 2.45) is 5.92 Å². The molecule has 0 aromatic rings. The molecule has 1 saturated heterocycles. The van der Waals surface area contributed by atoms with Gasteiger partial charge in [0.15, 0.2) is 0 Å². The standard InChI is InChI=1S/C12H20BrNO2/c1-9-6-10(7-16-9)11(15)14-12(8-13)4-2-3-5-12/h9-10H,2-8H2,1H3,(H,14,15). The highest BCUT2D eigenvalue weighted by molar-refractivity contribution is 9.09. The van der Waals surface area contributed by atoms with E-state index in [1.165, 1.54) is 12.8 Å². The van der Waals surface area contributed by atoms with E-state index in [1.54, 1.807) is 0 Å². The second kappa shape index (κ2) is 5.05. The first-order valence-corrected chi connectivity index (χ1v) is 7.27. The predicted octanol–water partition coefficient (Wildman–Crippen LogP) is 2.24. The van der Waals surface area contributed by atoms with E-state index in [9.17, 15) is 4.79 Å². The van der Waals surface area contributed by atoms with E-state index in [0.29, 0.717) is 6.61 Å². The monoisotopic (exact) mass is 289 g/mol. The van der Waals surface area contributed by atoms with E-state index in [-0.39, 0.29) is 23.5 Å². The Morgan fingerprint density at radius 2 is 2.19 bits per heavy atom. The summed E-state index contributed by atoms with van der Waals surface area (Å²) in [6, 6.07) is 0. The minimum Gasteiger partial charge on any atom is -0.378 e. The highest BCUT2D eigenvalue weighted by atomic mass is 79.9. The van der Waals surface area contributed by atoms with Crippen LogP contribution >= 0.6 is 15.9 Å². The average Bonchev–Trinajstić information content (AvgIpc) is 2.88. The molecule has 2 aliphatic rings. The molecule has 2 rings (SSSR count). The first kappa shape index (κ1) is 12.4. The SMILES string of the molecule is CC1CC(C(=O)NC2(CBr)CCCC2)CO1.